The van der Waals surface area contributed by atoms with Crippen LogP contribution in [-0.2, 0) is 37.6 Å². The minimum absolute atomic E-state index is 0.0104. The monoisotopic (exact) mass is 859 g/mol. The third kappa shape index (κ3) is 12.1. The third-order valence-electron chi connectivity index (χ3n) is 15.4. The summed E-state index contributed by atoms with van der Waals surface area (Å²) in [5.74, 6) is -1.87. The molecule has 348 valence electrons. The van der Waals surface area contributed by atoms with E-state index in [1.54, 1.807) is 14.0 Å². The standard InChI is InChI=1S/C46H90N2O10Si/c1-22-36-46(15,51)40(58-59(20,21)43(10,11)12)33(8)48(18)26-27(2)24-44(13,50)39(57-42-29(4)35(47(16)17)23-28(3)53-42)30(5)38(31(6)41(49)55-36)56-37-25-45(14,52-19)32(7)34(9)54-37/h27-40,42,50-51H,22-26H2,1-21H3/t27-,28-,29-,30+,31-,32+,33-,34+,35+,36?,37?,38+,39-,40-,42+,44-,45-,46-/m1/s1. The number of esters is 1. The number of methoxy groups -OCH3 is 1. The van der Waals surface area contributed by atoms with Crippen LogP contribution in [0, 0.1) is 29.6 Å². The van der Waals surface area contributed by atoms with Crippen molar-refractivity contribution in [3.63, 3.8) is 0 Å². The van der Waals surface area contributed by atoms with Crippen LogP contribution in [0.2, 0.25) is 18.1 Å². The summed E-state index contributed by atoms with van der Waals surface area (Å²) in [6, 6.07) is -0.0693. The van der Waals surface area contributed by atoms with Crippen LogP contribution in [0.1, 0.15) is 130 Å². The van der Waals surface area contributed by atoms with Gasteiger partial charge in [0.15, 0.2) is 20.9 Å². The van der Waals surface area contributed by atoms with Crippen LogP contribution in [0.15, 0.2) is 0 Å². The van der Waals surface area contributed by atoms with E-state index in [1.165, 1.54) is 0 Å². The molecular weight excluding hydrogens is 769 g/mol. The zero-order valence-corrected chi connectivity index (χ0v) is 42.3. The Hall–Kier alpha value is -0.713. The molecule has 0 aliphatic carbocycles. The first-order valence-corrected chi connectivity index (χ1v) is 25.6. The van der Waals surface area contributed by atoms with Gasteiger partial charge in [-0.1, -0.05) is 55.4 Å². The normalized spacial score (nSPS) is 45.8. The first kappa shape index (κ1) is 52.6. The molecule has 0 amide bonds. The van der Waals surface area contributed by atoms with E-state index in [9.17, 15) is 15.0 Å². The van der Waals surface area contributed by atoms with Crippen molar-refractivity contribution in [3.8, 4) is 0 Å². The van der Waals surface area contributed by atoms with Crippen molar-refractivity contribution < 1.29 is 47.9 Å². The molecule has 0 spiro atoms. The van der Waals surface area contributed by atoms with Crippen LogP contribution in [0.25, 0.3) is 0 Å². The molecule has 18 atom stereocenters. The Morgan fingerprint density at radius 1 is 0.915 bits per heavy atom. The number of aliphatic hydroxyl groups is 2. The summed E-state index contributed by atoms with van der Waals surface area (Å²) in [7, 11) is 5.47. The molecular formula is C46H90N2O10Si. The summed E-state index contributed by atoms with van der Waals surface area (Å²) in [5.41, 5.74) is -3.48. The van der Waals surface area contributed by atoms with Gasteiger partial charge in [0.2, 0.25) is 0 Å². The van der Waals surface area contributed by atoms with Crippen LogP contribution >= 0.6 is 0 Å². The Labute approximate surface area is 361 Å². The summed E-state index contributed by atoms with van der Waals surface area (Å²) >= 11 is 0. The van der Waals surface area contributed by atoms with Gasteiger partial charge in [0.1, 0.15) is 11.7 Å². The number of carbonyl (C=O) groups excluding carboxylic acids is 1. The van der Waals surface area contributed by atoms with Crippen molar-refractivity contribution in [2.75, 3.05) is 34.8 Å². The molecule has 3 aliphatic rings. The summed E-state index contributed by atoms with van der Waals surface area (Å²) in [6.45, 7) is 35.5. The fourth-order valence-electron chi connectivity index (χ4n) is 9.93. The van der Waals surface area contributed by atoms with Crippen LogP contribution in [0.5, 0.6) is 0 Å². The second kappa shape index (κ2) is 20.0. The fourth-order valence-corrected chi connectivity index (χ4v) is 11.4. The van der Waals surface area contributed by atoms with Crippen molar-refractivity contribution in [1.29, 1.82) is 0 Å². The smallest absolute Gasteiger partial charge is 0.311 e. The van der Waals surface area contributed by atoms with Gasteiger partial charge in [0, 0.05) is 49.9 Å². The maximum atomic E-state index is 14.8. The molecule has 3 saturated heterocycles. The minimum atomic E-state index is -2.45. The van der Waals surface area contributed by atoms with E-state index in [2.05, 4.69) is 99.3 Å². The van der Waals surface area contributed by atoms with Gasteiger partial charge in [0.05, 0.1) is 47.6 Å². The highest BCUT2D eigenvalue weighted by Crippen LogP contribution is 2.44. The molecule has 0 aromatic heterocycles. The van der Waals surface area contributed by atoms with Crippen molar-refractivity contribution in [3.05, 3.63) is 0 Å². The first-order chi connectivity index (χ1) is 26.8. The molecule has 0 aromatic carbocycles. The molecule has 13 heteroatoms. The molecule has 0 aromatic rings. The maximum absolute atomic E-state index is 14.8. The first-order valence-electron chi connectivity index (χ1n) is 22.7. The van der Waals surface area contributed by atoms with Crippen LogP contribution in [-0.4, -0.2) is 147 Å². The van der Waals surface area contributed by atoms with E-state index < -0.39 is 79.9 Å². The number of rotatable bonds is 9. The average molecular weight is 859 g/mol. The SMILES string of the molecule is CCC1OC(=O)[C@H](C)[C@@H](OC2C[C@@](C)(OC)[C@@H](C)[C@H](C)O2)[C@H](C)[C@@H](O[C@@H]2O[C@H](C)C[C@H](N(C)C)[C@H]2C)[C@](C)(O)C[C@@H](C)CN(C)[C@H](C)[C@@H](O[Si](C)(C)C(C)(C)C)[C@]1(C)O. The molecule has 3 rings (SSSR count). The summed E-state index contributed by atoms with van der Waals surface area (Å²) in [6.07, 6.45) is -2.78. The number of ether oxygens (including phenoxy) is 6. The molecule has 3 heterocycles. The van der Waals surface area contributed by atoms with Crippen LogP contribution < -0.4 is 0 Å². The van der Waals surface area contributed by atoms with Gasteiger partial charge >= 0.3 is 5.97 Å². The van der Waals surface area contributed by atoms with Crippen molar-refractivity contribution in [2.24, 2.45) is 29.6 Å². The zero-order chi connectivity index (χ0) is 45.4. The van der Waals surface area contributed by atoms with E-state index in [0.717, 1.165) is 6.42 Å². The number of nitrogens with zero attached hydrogens (tertiary/aromatic N) is 2. The molecule has 3 aliphatic heterocycles. The third-order valence-corrected chi connectivity index (χ3v) is 19.8. The second-order valence-electron chi connectivity index (χ2n) is 21.7. The minimum Gasteiger partial charge on any atom is -0.459 e. The molecule has 59 heavy (non-hydrogen) atoms. The van der Waals surface area contributed by atoms with E-state index >= 15 is 0 Å². The van der Waals surface area contributed by atoms with Crippen molar-refractivity contribution in [2.45, 2.75) is 226 Å². The highest BCUT2D eigenvalue weighted by molar-refractivity contribution is 6.74. The van der Waals surface area contributed by atoms with Crippen molar-refractivity contribution in [1.82, 2.24) is 9.80 Å². The maximum Gasteiger partial charge on any atom is 0.311 e. The zero-order valence-electron chi connectivity index (χ0n) is 41.3. The summed E-state index contributed by atoms with van der Waals surface area (Å²) in [5, 5.41) is 25.5. The fraction of sp³-hybridized carbons (Fsp3) is 0.978. The Morgan fingerprint density at radius 2 is 1.51 bits per heavy atom. The van der Waals surface area contributed by atoms with E-state index in [-0.39, 0.29) is 47.1 Å². The lowest BCUT2D eigenvalue weighted by atomic mass is 9.77. The number of carbonyl (C=O) groups is 1. The topological polar surface area (TPSA) is 129 Å². The van der Waals surface area contributed by atoms with Crippen molar-refractivity contribution >= 4 is 14.3 Å². The van der Waals surface area contributed by atoms with E-state index in [0.29, 0.717) is 25.8 Å². The van der Waals surface area contributed by atoms with Gasteiger partial charge in [-0.2, -0.15) is 0 Å². The van der Waals surface area contributed by atoms with Gasteiger partial charge < -0.3 is 52.9 Å². The molecule has 2 unspecified atom stereocenters. The number of hydrogen-bond donors (Lipinski definition) is 2. The average Bonchev–Trinajstić information content (AvgIpc) is 3.11. The number of likely N-dealkylation sites (N-methyl/N-ethyl adjacent to an activating group) is 1. The van der Waals surface area contributed by atoms with E-state index in [1.807, 2.05) is 41.7 Å². The summed E-state index contributed by atoms with van der Waals surface area (Å²) < 4.78 is 46.9. The van der Waals surface area contributed by atoms with Gasteiger partial charge in [-0.05, 0) is 113 Å². The molecule has 2 N–H and O–H groups in total. The lowest BCUT2D eigenvalue weighted by molar-refractivity contribution is -0.306. The predicted octanol–water partition coefficient (Wildman–Crippen LogP) is 7.48. The van der Waals surface area contributed by atoms with Gasteiger partial charge in [-0.25, -0.2) is 0 Å². The highest BCUT2D eigenvalue weighted by atomic mass is 28.4. The molecule has 12 nitrogen and oxygen atoms in total. The Kier molecular flexibility index (Phi) is 17.8. The predicted molar refractivity (Wildman–Crippen MR) is 237 cm³/mol. The lowest BCUT2D eigenvalue weighted by Crippen LogP contribution is -2.63. The van der Waals surface area contributed by atoms with Crippen LogP contribution in [0.3, 0.4) is 0 Å². The Bertz CT molecular complexity index is 1340. The number of cyclic esters (lactones) is 1. The highest BCUT2D eigenvalue weighted by Gasteiger charge is 2.54. The van der Waals surface area contributed by atoms with E-state index in [4.69, 9.17) is 32.8 Å². The molecule has 3 fully saturated rings. The van der Waals surface area contributed by atoms with Gasteiger partial charge in [-0.3, -0.25) is 4.79 Å². The van der Waals surface area contributed by atoms with Gasteiger partial charge in [-0.15, -0.1) is 0 Å². The summed E-state index contributed by atoms with van der Waals surface area (Å²) in [4.78, 5) is 19.2. The molecule has 0 radical (unpaired) electrons. The Morgan fingerprint density at radius 3 is 2.03 bits per heavy atom. The number of hydrogen-bond acceptors (Lipinski definition) is 12. The quantitative estimate of drug-likeness (QED) is 0.176. The lowest BCUT2D eigenvalue weighted by Gasteiger charge is -2.49. The largest absolute Gasteiger partial charge is 0.459 e. The molecule has 0 bridgehead atoms. The second-order valence-corrected chi connectivity index (χ2v) is 26.5. The molecule has 0 saturated carbocycles. The van der Waals surface area contributed by atoms with Gasteiger partial charge in [0.25, 0.3) is 0 Å². The van der Waals surface area contributed by atoms with Crippen LogP contribution in [0.4, 0.5) is 0 Å². The Balaban J connectivity index is 2.25.